The first kappa shape index (κ1) is 16.1. The lowest BCUT2D eigenvalue weighted by Crippen LogP contribution is -2.36. The zero-order valence-corrected chi connectivity index (χ0v) is 13.4. The fraction of sp³-hybridized carbons (Fsp3) is 0.529. The third-order valence-corrected chi connectivity index (χ3v) is 5.37. The standard InChI is InChI=1S/C17H22O3S/c1-17(11-7-6-10-15(17)18)12-14(16(19)20-2)21-13-8-4-3-5-9-13/h3-5,8-9,14H,6-7,10-12H2,1-2H3/t14-,17-/m0/s1. The number of ketones is 1. The summed E-state index contributed by atoms with van der Waals surface area (Å²) in [6, 6.07) is 9.80. The summed E-state index contributed by atoms with van der Waals surface area (Å²) in [6.07, 6.45) is 4.10. The van der Waals surface area contributed by atoms with Gasteiger partial charge in [0.15, 0.2) is 0 Å². The van der Waals surface area contributed by atoms with Gasteiger partial charge in [0.2, 0.25) is 0 Å². The highest BCUT2D eigenvalue weighted by Gasteiger charge is 2.39. The summed E-state index contributed by atoms with van der Waals surface area (Å²) < 4.78 is 4.94. The molecule has 21 heavy (non-hydrogen) atoms. The second-order valence-corrected chi connectivity index (χ2v) is 7.11. The Kier molecular flexibility index (Phi) is 5.45. The Balaban J connectivity index is 2.13. The number of ether oxygens (including phenoxy) is 1. The summed E-state index contributed by atoms with van der Waals surface area (Å²) in [5.74, 6) is 0.0415. The molecule has 0 saturated heterocycles. The predicted octanol–water partition coefficient (Wildman–Crippen LogP) is 3.86. The number of hydrogen-bond donors (Lipinski definition) is 0. The molecule has 4 heteroatoms. The number of thioether (sulfide) groups is 1. The normalized spacial score (nSPS) is 23.6. The van der Waals surface area contributed by atoms with Crippen LogP contribution in [0, 0.1) is 5.41 Å². The number of rotatable bonds is 5. The van der Waals surface area contributed by atoms with E-state index in [1.54, 1.807) is 0 Å². The minimum atomic E-state index is -0.390. The maximum Gasteiger partial charge on any atom is 0.319 e. The van der Waals surface area contributed by atoms with Crippen molar-refractivity contribution in [2.45, 2.75) is 49.2 Å². The number of hydrogen-bond acceptors (Lipinski definition) is 4. The van der Waals surface area contributed by atoms with Crippen LogP contribution >= 0.6 is 11.8 Å². The molecule has 0 radical (unpaired) electrons. The summed E-state index contributed by atoms with van der Waals surface area (Å²) in [5, 5.41) is -0.329. The molecule has 1 aliphatic carbocycles. The molecule has 0 aromatic heterocycles. The first-order valence-electron chi connectivity index (χ1n) is 7.38. The van der Waals surface area contributed by atoms with Crippen LogP contribution in [0.2, 0.25) is 0 Å². The van der Waals surface area contributed by atoms with Gasteiger partial charge in [0.1, 0.15) is 11.0 Å². The number of carbonyl (C=O) groups is 2. The van der Waals surface area contributed by atoms with Gasteiger partial charge in [-0.25, -0.2) is 0 Å². The van der Waals surface area contributed by atoms with E-state index in [9.17, 15) is 9.59 Å². The molecule has 0 N–H and O–H groups in total. The number of benzene rings is 1. The van der Waals surface area contributed by atoms with Gasteiger partial charge in [-0.15, -0.1) is 11.8 Å². The Hall–Kier alpha value is -1.29. The molecule has 0 bridgehead atoms. The van der Waals surface area contributed by atoms with Crippen LogP contribution in [0.3, 0.4) is 0 Å². The first-order valence-corrected chi connectivity index (χ1v) is 8.26. The molecule has 0 aliphatic heterocycles. The molecule has 1 aromatic rings. The Labute approximate surface area is 130 Å². The smallest absolute Gasteiger partial charge is 0.319 e. The van der Waals surface area contributed by atoms with Crippen molar-refractivity contribution in [2.24, 2.45) is 5.41 Å². The van der Waals surface area contributed by atoms with Crippen LogP contribution in [0.25, 0.3) is 0 Å². The van der Waals surface area contributed by atoms with Gasteiger partial charge in [0.25, 0.3) is 0 Å². The van der Waals surface area contributed by atoms with Gasteiger partial charge in [-0.3, -0.25) is 9.59 Å². The molecular weight excluding hydrogens is 284 g/mol. The molecule has 0 spiro atoms. The third kappa shape index (κ3) is 4.10. The molecule has 1 saturated carbocycles. The molecule has 1 aromatic carbocycles. The van der Waals surface area contributed by atoms with E-state index in [-0.39, 0.29) is 22.4 Å². The second-order valence-electron chi connectivity index (χ2n) is 5.84. The molecule has 1 fully saturated rings. The maximum absolute atomic E-state index is 12.3. The van der Waals surface area contributed by atoms with E-state index >= 15 is 0 Å². The van der Waals surface area contributed by atoms with Gasteiger partial charge in [-0.2, -0.15) is 0 Å². The molecule has 1 aliphatic rings. The van der Waals surface area contributed by atoms with E-state index in [0.717, 1.165) is 24.2 Å². The number of methoxy groups -OCH3 is 1. The fourth-order valence-corrected chi connectivity index (χ4v) is 4.12. The summed E-state index contributed by atoms with van der Waals surface area (Å²) in [6.45, 7) is 2.00. The Morgan fingerprint density at radius 2 is 2.05 bits per heavy atom. The number of carbonyl (C=O) groups excluding carboxylic acids is 2. The van der Waals surface area contributed by atoms with Crippen molar-refractivity contribution >= 4 is 23.5 Å². The monoisotopic (exact) mass is 306 g/mol. The van der Waals surface area contributed by atoms with Crippen molar-refractivity contribution in [1.29, 1.82) is 0 Å². The molecule has 0 heterocycles. The quantitative estimate of drug-likeness (QED) is 0.612. The van der Waals surface area contributed by atoms with Crippen LogP contribution in [0.1, 0.15) is 39.0 Å². The van der Waals surface area contributed by atoms with E-state index in [2.05, 4.69) is 0 Å². The largest absolute Gasteiger partial charge is 0.468 e. The van der Waals surface area contributed by atoms with E-state index in [0.29, 0.717) is 12.8 Å². The minimum absolute atomic E-state index is 0.247. The Bertz CT molecular complexity index is 500. The topological polar surface area (TPSA) is 43.4 Å². The van der Waals surface area contributed by atoms with E-state index in [4.69, 9.17) is 4.74 Å². The van der Waals surface area contributed by atoms with E-state index in [1.807, 2.05) is 37.3 Å². The Morgan fingerprint density at radius 3 is 2.67 bits per heavy atom. The van der Waals surface area contributed by atoms with Crippen molar-refractivity contribution in [1.82, 2.24) is 0 Å². The van der Waals surface area contributed by atoms with Crippen LogP contribution in [0.4, 0.5) is 0 Å². The molecule has 3 nitrogen and oxygen atoms in total. The van der Waals surface area contributed by atoms with Crippen molar-refractivity contribution in [3.63, 3.8) is 0 Å². The molecule has 114 valence electrons. The lowest BCUT2D eigenvalue weighted by atomic mass is 9.71. The summed E-state index contributed by atoms with van der Waals surface area (Å²) in [7, 11) is 1.41. The summed E-state index contributed by atoms with van der Waals surface area (Å²) in [5.41, 5.74) is -0.390. The van der Waals surface area contributed by atoms with E-state index < -0.39 is 0 Å². The van der Waals surface area contributed by atoms with Crippen LogP contribution in [0.15, 0.2) is 35.2 Å². The zero-order valence-electron chi connectivity index (χ0n) is 12.6. The lowest BCUT2D eigenvalue weighted by Gasteiger charge is -2.34. The third-order valence-electron chi connectivity index (χ3n) is 4.18. The van der Waals surface area contributed by atoms with Crippen LogP contribution in [-0.4, -0.2) is 24.1 Å². The van der Waals surface area contributed by atoms with Crippen LogP contribution in [-0.2, 0) is 14.3 Å². The van der Waals surface area contributed by atoms with Crippen molar-refractivity contribution in [3.8, 4) is 0 Å². The molecule has 0 unspecified atom stereocenters. The SMILES string of the molecule is COC(=O)[C@H](C[C@]1(C)CCCCC1=O)Sc1ccccc1. The minimum Gasteiger partial charge on any atom is -0.468 e. The lowest BCUT2D eigenvalue weighted by molar-refractivity contribution is -0.141. The van der Waals surface area contributed by atoms with Gasteiger partial charge in [-0.05, 0) is 31.4 Å². The van der Waals surface area contributed by atoms with Crippen molar-refractivity contribution in [2.75, 3.05) is 7.11 Å². The van der Waals surface area contributed by atoms with E-state index in [1.165, 1.54) is 18.9 Å². The summed E-state index contributed by atoms with van der Waals surface area (Å²) >= 11 is 1.49. The molecular formula is C17H22O3S. The molecule has 0 amide bonds. The highest BCUT2D eigenvalue weighted by molar-refractivity contribution is 8.00. The number of Topliss-reactive ketones (excluding diaryl/α,β-unsaturated/α-hetero) is 1. The first-order chi connectivity index (χ1) is 10.0. The molecule has 2 atom stereocenters. The van der Waals surface area contributed by atoms with Gasteiger partial charge >= 0.3 is 5.97 Å². The maximum atomic E-state index is 12.3. The van der Waals surface area contributed by atoms with Crippen LogP contribution in [0.5, 0.6) is 0 Å². The van der Waals surface area contributed by atoms with Crippen LogP contribution < -0.4 is 0 Å². The average Bonchev–Trinajstić information content (AvgIpc) is 2.50. The highest BCUT2D eigenvalue weighted by Crippen LogP contribution is 2.41. The average molecular weight is 306 g/mol. The zero-order chi connectivity index (χ0) is 15.3. The predicted molar refractivity (Wildman–Crippen MR) is 84.3 cm³/mol. The van der Waals surface area contributed by atoms with Gasteiger partial charge in [-0.1, -0.05) is 31.5 Å². The van der Waals surface area contributed by atoms with Gasteiger partial charge in [0.05, 0.1) is 7.11 Å². The van der Waals surface area contributed by atoms with Crippen molar-refractivity contribution < 1.29 is 14.3 Å². The highest BCUT2D eigenvalue weighted by atomic mass is 32.2. The fourth-order valence-electron chi connectivity index (χ4n) is 2.83. The van der Waals surface area contributed by atoms with Gasteiger partial charge in [0, 0.05) is 16.7 Å². The summed E-state index contributed by atoms with van der Waals surface area (Å²) in [4.78, 5) is 25.4. The van der Waals surface area contributed by atoms with Gasteiger partial charge < -0.3 is 4.74 Å². The Morgan fingerprint density at radius 1 is 1.33 bits per heavy atom. The number of esters is 1. The second kappa shape index (κ2) is 7.12. The van der Waals surface area contributed by atoms with Crippen molar-refractivity contribution in [3.05, 3.63) is 30.3 Å². The molecule has 2 rings (SSSR count).